The highest BCUT2D eigenvalue weighted by Gasteiger charge is 2.31. The summed E-state index contributed by atoms with van der Waals surface area (Å²) in [6, 6.07) is 0.862. The molecule has 0 aromatic rings. The summed E-state index contributed by atoms with van der Waals surface area (Å²) < 4.78 is 19.2. The first-order chi connectivity index (χ1) is 19.2. The lowest BCUT2D eigenvalue weighted by Gasteiger charge is -2.38. The molecule has 2 aliphatic rings. The highest BCUT2D eigenvalue weighted by molar-refractivity contribution is 5.77. The van der Waals surface area contributed by atoms with Crippen molar-refractivity contribution >= 4 is 18.4 Å². The van der Waals surface area contributed by atoms with Crippen LogP contribution in [0, 0.1) is 11.8 Å². The SMILES string of the molecule is CC(C)(C)OC(=O)OC(=O)OC(C)(C)C.CC1CC(CCO)CCN1.CC1CC(CCO)CCN1C(=O)OC(C)(C)C. The Kier molecular flexibility index (Phi) is 17.6. The minimum atomic E-state index is -1.06. The molecular weight excluding hydrogens is 544 g/mol. The summed E-state index contributed by atoms with van der Waals surface area (Å²) in [7, 11) is 0. The van der Waals surface area contributed by atoms with Crippen molar-refractivity contribution in [1.29, 1.82) is 0 Å². The van der Waals surface area contributed by atoms with Gasteiger partial charge in [0.15, 0.2) is 0 Å². The van der Waals surface area contributed by atoms with Crippen molar-refractivity contribution in [2.24, 2.45) is 11.8 Å². The molecule has 0 aliphatic carbocycles. The van der Waals surface area contributed by atoms with Gasteiger partial charge < -0.3 is 39.4 Å². The number of nitrogens with one attached hydrogen (secondary N) is 1. The molecule has 2 aliphatic heterocycles. The standard InChI is InChI=1S/C13H25NO3.C10H18O5.C8H17NO/c1-10-9-11(6-8-15)5-7-14(10)12(16)17-13(2,3)4;1-9(2,3)14-7(11)13-8(12)15-10(4,5)6;1-7-6-8(3-5-10)2-4-9-7/h10-11,15H,5-9H2,1-4H3;1-6H3;7-10H,2-6H2,1H3. The normalized spacial score (nSPS) is 22.8. The Morgan fingerprint density at radius 2 is 1.19 bits per heavy atom. The summed E-state index contributed by atoms with van der Waals surface area (Å²) in [6.07, 6.45) is 3.90. The van der Waals surface area contributed by atoms with Crippen LogP contribution in [0.15, 0.2) is 0 Å². The molecule has 0 saturated carbocycles. The largest absolute Gasteiger partial charge is 0.519 e. The van der Waals surface area contributed by atoms with Gasteiger partial charge in [-0.3, -0.25) is 0 Å². The highest BCUT2D eigenvalue weighted by atomic mass is 16.8. The van der Waals surface area contributed by atoms with Gasteiger partial charge in [-0.2, -0.15) is 0 Å². The van der Waals surface area contributed by atoms with Crippen molar-refractivity contribution in [1.82, 2.24) is 10.2 Å². The summed E-state index contributed by atoms with van der Waals surface area (Å²) in [4.78, 5) is 35.8. The van der Waals surface area contributed by atoms with Gasteiger partial charge in [-0.15, -0.1) is 0 Å². The van der Waals surface area contributed by atoms with Gasteiger partial charge in [0.05, 0.1) is 0 Å². The van der Waals surface area contributed by atoms with Crippen molar-refractivity contribution in [3.05, 3.63) is 0 Å². The number of ether oxygens (including phenoxy) is 4. The molecule has 2 rings (SSSR count). The van der Waals surface area contributed by atoms with Gasteiger partial charge in [0.2, 0.25) is 0 Å². The molecule has 248 valence electrons. The van der Waals surface area contributed by atoms with Crippen LogP contribution in [0.25, 0.3) is 0 Å². The first-order valence-corrected chi connectivity index (χ1v) is 15.2. The lowest BCUT2D eigenvalue weighted by Crippen LogP contribution is -2.46. The van der Waals surface area contributed by atoms with Crippen LogP contribution in [0.3, 0.4) is 0 Å². The Labute approximate surface area is 254 Å². The highest BCUT2D eigenvalue weighted by Crippen LogP contribution is 2.26. The molecule has 1 amide bonds. The molecule has 11 nitrogen and oxygen atoms in total. The minimum Gasteiger partial charge on any atom is -0.444 e. The van der Waals surface area contributed by atoms with Gasteiger partial charge in [0.1, 0.15) is 16.8 Å². The van der Waals surface area contributed by atoms with Crippen LogP contribution in [0.1, 0.15) is 115 Å². The van der Waals surface area contributed by atoms with E-state index >= 15 is 0 Å². The Bertz CT molecular complexity index is 772. The minimum absolute atomic E-state index is 0.204. The van der Waals surface area contributed by atoms with E-state index in [1.165, 1.54) is 12.8 Å². The van der Waals surface area contributed by atoms with Crippen LogP contribution in [-0.2, 0) is 18.9 Å². The fraction of sp³-hybridized carbons (Fsp3) is 0.903. The monoisotopic (exact) mass is 604 g/mol. The third-order valence-electron chi connectivity index (χ3n) is 6.37. The fourth-order valence-corrected chi connectivity index (χ4v) is 4.60. The smallest absolute Gasteiger partial charge is 0.444 e. The van der Waals surface area contributed by atoms with Gasteiger partial charge in [-0.1, -0.05) is 0 Å². The molecule has 2 heterocycles. The summed E-state index contributed by atoms with van der Waals surface area (Å²) in [5.41, 5.74) is -1.82. The van der Waals surface area contributed by atoms with E-state index < -0.39 is 29.1 Å². The van der Waals surface area contributed by atoms with Crippen LogP contribution in [-0.4, -0.2) is 88.7 Å². The number of rotatable bonds is 4. The van der Waals surface area contributed by atoms with Crippen LogP contribution in [0.5, 0.6) is 0 Å². The van der Waals surface area contributed by atoms with E-state index in [0.29, 0.717) is 18.6 Å². The van der Waals surface area contributed by atoms with Crippen LogP contribution >= 0.6 is 0 Å². The summed E-state index contributed by atoms with van der Waals surface area (Å²) in [5, 5.41) is 21.0. The number of hydrogen-bond donors (Lipinski definition) is 3. The molecule has 4 atom stereocenters. The quantitative estimate of drug-likeness (QED) is 0.197. The van der Waals surface area contributed by atoms with Gasteiger partial charge in [0, 0.05) is 31.8 Å². The molecular formula is C31H60N2O9. The lowest BCUT2D eigenvalue weighted by atomic mass is 9.89. The fourth-order valence-electron chi connectivity index (χ4n) is 4.60. The van der Waals surface area contributed by atoms with E-state index in [1.807, 2.05) is 27.7 Å². The second-order valence-electron chi connectivity index (χ2n) is 14.2. The predicted molar refractivity (Wildman–Crippen MR) is 162 cm³/mol. The third kappa shape index (κ3) is 20.7. The molecule has 0 bridgehead atoms. The number of hydrogen-bond acceptors (Lipinski definition) is 10. The predicted octanol–water partition coefficient (Wildman–Crippen LogP) is 6.03. The lowest BCUT2D eigenvalue weighted by molar-refractivity contribution is -0.0294. The zero-order chi connectivity index (χ0) is 32.7. The molecule has 11 heteroatoms. The zero-order valence-corrected chi connectivity index (χ0v) is 28.1. The van der Waals surface area contributed by atoms with Crippen LogP contribution < -0.4 is 5.32 Å². The van der Waals surface area contributed by atoms with E-state index in [2.05, 4.69) is 17.0 Å². The van der Waals surface area contributed by atoms with Crippen molar-refractivity contribution in [2.45, 2.75) is 144 Å². The molecule has 0 aromatic heterocycles. The first kappa shape index (κ1) is 39.9. The maximum absolute atomic E-state index is 11.9. The number of carbonyl (C=O) groups is 3. The summed E-state index contributed by atoms with van der Waals surface area (Å²) in [6.45, 7) is 22.4. The average Bonchev–Trinajstić information content (AvgIpc) is 2.76. The van der Waals surface area contributed by atoms with Gasteiger partial charge in [0.25, 0.3) is 0 Å². The second-order valence-corrected chi connectivity index (χ2v) is 14.2. The third-order valence-corrected chi connectivity index (χ3v) is 6.37. The average molecular weight is 605 g/mol. The van der Waals surface area contributed by atoms with Crippen molar-refractivity contribution in [3.8, 4) is 0 Å². The molecule has 42 heavy (non-hydrogen) atoms. The van der Waals surface area contributed by atoms with E-state index in [4.69, 9.17) is 24.4 Å². The topological polar surface area (TPSA) is 144 Å². The van der Waals surface area contributed by atoms with Gasteiger partial charge in [-0.05, 0) is 133 Å². The molecule has 2 fully saturated rings. The molecule has 0 radical (unpaired) electrons. The van der Waals surface area contributed by atoms with Crippen LogP contribution in [0.4, 0.5) is 14.4 Å². The van der Waals surface area contributed by atoms with Gasteiger partial charge >= 0.3 is 18.4 Å². The number of aliphatic hydroxyl groups is 2. The summed E-state index contributed by atoms with van der Waals surface area (Å²) in [5.74, 6) is 1.30. The van der Waals surface area contributed by atoms with Crippen LogP contribution in [0.2, 0.25) is 0 Å². The first-order valence-electron chi connectivity index (χ1n) is 15.2. The molecule has 2 saturated heterocycles. The van der Waals surface area contributed by atoms with Crippen molar-refractivity contribution in [2.75, 3.05) is 26.3 Å². The Hall–Kier alpha value is -2.11. The Morgan fingerprint density at radius 3 is 1.57 bits per heavy atom. The van der Waals surface area contributed by atoms with E-state index in [-0.39, 0.29) is 18.7 Å². The van der Waals surface area contributed by atoms with Crippen molar-refractivity contribution < 1.29 is 43.5 Å². The molecule has 3 N–H and O–H groups in total. The van der Waals surface area contributed by atoms with Crippen molar-refractivity contribution in [3.63, 3.8) is 0 Å². The number of likely N-dealkylation sites (tertiary alicyclic amines) is 1. The van der Waals surface area contributed by atoms with E-state index in [1.54, 1.807) is 46.4 Å². The molecule has 0 aromatic carbocycles. The van der Waals surface area contributed by atoms with Gasteiger partial charge in [-0.25, -0.2) is 14.4 Å². The maximum atomic E-state index is 11.9. The Morgan fingerprint density at radius 1 is 0.738 bits per heavy atom. The number of nitrogens with zero attached hydrogens (tertiary/aromatic N) is 1. The van der Waals surface area contributed by atoms with E-state index in [0.717, 1.165) is 44.7 Å². The number of aliphatic hydroxyl groups excluding tert-OH is 2. The zero-order valence-electron chi connectivity index (χ0n) is 28.1. The number of carbonyl (C=O) groups excluding carboxylic acids is 3. The van der Waals surface area contributed by atoms with E-state index in [9.17, 15) is 14.4 Å². The Balaban J connectivity index is 0.000000620. The summed E-state index contributed by atoms with van der Waals surface area (Å²) >= 11 is 0. The second kappa shape index (κ2) is 18.5. The molecule has 4 unspecified atom stereocenters. The number of piperidine rings is 2. The maximum Gasteiger partial charge on any atom is 0.519 e. The number of amides is 1. The molecule has 0 spiro atoms.